The predicted octanol–water partition coefficient (Wildman–Crippen LogP) is 1.81. The van der Waals surface area contributed by atoms with Gasteiger partial charge in [-0.2, -0.15) is 0 Å². The maximum atomic E-state index is 13.3. The van der Waals surface area contributed by atoms with E-state index in [1.54, 1.807) is 17.0 Å². The van der Waals surface area contributed by atoms with Crippen molar-refractivity contribution in [2.75, 3.05) is 18.5 Å². The van der Waals surface area contributed by atoms with Gasteiger partial charge in [0.25, 0.3) is 0 Å². The third-order valence-corrected chi connectivity index (χ3v) is 2.96. The number of anilines is 1. The molecule has 0 saturated carbocycles. The molecule has 17 heavy (non-hydrogen) atoms. The van der Waals surface area contributed by atoms with Crippen molar-refractivity contribution < 1.29 is 14.3 Å². The first-order valence-electron chi connectivity index (χ1n) is 5.65. The van der Waals surface area contributed by atoms with Crippen LogP contribution in [-0.2, 0) is 0 Å². The van der Waals surface area contributed by atoms with Gasteiger partial charge in [0.1, 0.15) is 5.82 Å². The van der Waals surface area contributed by atoms with Crippen molar-refractivity contribution in [3.63, 3.8) is 0 Å². The van der Waals surface area contributed by atoms with E-state index in [2.05, 4.69) is 5.32 Å². The largest absolute Gasteiger partial charge is 0.394 e. The van der Waals surface area contributed by atoms with Crippen LogP contribution >= 0.6 is 0 Å². The maximum Gasteiger partial charge on any atom is 0.322 e. The molecule has 1 aromatic rings. The molecule has 0 unspecified atom stereocenters. The Labute approximate surface area is 99.0 Å². The maximum absolute atomic E-state index is 13.3. The second-order valence-corrected chi connectivity index (χ2v) is 4.08. The van der Waals surface area contributed by atoms with Crippen molar-refractivity contribution in [2.24, 2.45) is 0 Å². The highest BCUT2D eigenvalue weighted by molar-refractivity contribution is 5.89. The van der Waals surface area contributed by atoms with Gasteiger partial charge in [-0.25, -0.2) is 9.18 Å². The average Bonchev–Trinajstić information content (AvgIpc) is 2.80. The van der Waals surface area contributed by atoms with E-state index < -0.39 is 5.82 Å². The van der Waals surface area contributed by atoms with Gasteiger partial charge in [0, 0.05) is 6.54 Å². The first-order valence-corrected chi connectivity index (χ1v) is 5.65. The zero-order valence-electron chi connectivity index (χ0n) is 9.40. The molecule has 1 atom stereocenters. The number of carbonyl (C=O) groups excluding carboxylic acids is 1. The molecule has 0 spiro atoms. The van der Waals surface area contributed by atoms with Crippen molar-refractivity contribution >= 4 is 11.7 Å². The van der Waals surface area contributed by atoms with Gasteiger partial charge < -0.3 is 15.3 Å². The third-order valence-electron chi connectivity index (χ3n) is 2.96. The normalized spacial score (nSPS) is 19.4. The zero-order valence-corrected chi connectivity index (χ0v) is 9.40. The molecule has 0 aliphatic carbocycles. The van der Waals surface area contributed by atoms with Crippen molar-refractivity contribution in [1.82, 2.24) is 4.90 Å². The predicted molar refractivity (Wildman–Crippen MR) is 62.2 cm³/mol. The summed E-state index contributed by atoms with van der Waals surface area (Å²) in [5, 5.41) is 11.6. The Hall–Kier alpha value is -1.62. The lowest BCUT2D eigenvalue weighted by atomic mass is 10.2. The van der Waals surface area contributed by atoms with Crippen LogP contribution in [0.15, 0.2) is 24.3 Å². The van der Waals surface area contributed by atoms with E-state index in [0.29, 0.717) is 6.54 Å². The molecule has 1 aliphatic rings. The van der Waals surface area contributed by atoms with Crippen molar-refractivity contribution in [3.05, 3.63) is 30.1 Å². The molecule has 0 bridgehead atoms. The highest BCUT2D eigenvalue weighted by atomic mass is 19.1. The monoisotopic (exact) mass is 238 g/mol. The number of rotatable bonds is 2. The molecule has 2 N–H and O–H groups in total. The van der Waals surface area contributed by atoms with Crippen LogP contribution in [0, 0.1) is 5.82 Å². The number of benzene rings is 1. The molecule has 1 aromatic carbocycles. The van der Waals surface area contributed by atoms with Gasteiger partial charge in [-0.05, 0) is 25.0 Å². The number of aliphatic hydroxyl groups is 1. The fourth-order valence-electron chi connectivity index (χ4n) is 2.04. The minimum absolute atomic E-state index is 0.0509. The summed E-state index contributed by atoms with van der Waals surface area (Å²) in [5.74, 6) is -0.458. The summed E-state index contributed by atoms with van der Waals surface area (Å²) in [6, 6.07) is 5.53. The number of likely N-dealkylation sites (tertiary alicyclic amines) is 1. The molecule has 1 saturated heterocycles. The van der Waals surface area contributed by atoms with Crippen LogP contribution in [-0.4, -0.2) is 35.2 Å². The van der Waals surface area contributed by atoms with Gasteiger partial charge in [0.05, 0.1) is 18.3 Å². The second-order valence-electron chi connectivity index (χ2n) is 4.08. The number of nitrogens with zero attached hydrogens (tertiary/aromatic N) is 1. The zero-order chi connectivity index (χ0) is 12.3. The quantitative estimate of drug-likeness (QED) is 0.825. The van der Waals surface area contributed by atoms with Crippen LogP contribution in [0.25, 0.3) is 0 Å². The Morgan fingerprint density at radius 1 is 1.53 bits per heavy atom. The molecular formula is C12H15FN2O2. The van der Waals surface area contributed by atoms with Gasteiger partial charge in [-0.15, -0.1) is 0 Å². The lowest BCUT2D eigenvalue weighted by Gasteiger charge is -2.23. The molecule has 2 amide bonds. The van der Waals surface area contributed by atoms with Crippen LogP contribution in [0.2, 0.25) is 0 Å². The summed E-state index contributed by atoms with van der Waals surface area (Å²) in [4.78, 5) is 13.4. The number of urea groups is 1. The van der Waals surface area contributed by atoms with E-state index >= 15 is 0 Å². The molecule has 4 nitrogen and oxygen atoms in total. The summed E-state index contributed by atoms with van der Waals surface area (Å²) in [5.41, 5.74) is 0.168. The molecule has 1 fully saturated rings. The number of nitrogens with one attached hydrogen (secondary N) is 1. The van der Waals surface area contributed by atoms with E-state index in [1.807, 2.05) is 0 Å². The SMILES string of the molecule is O=C(Nc1ccccc1F)N1CCC[C@H]1CO. The second kappa shape index (κ2) is 5.14. The number of aliphatic hydroxyl groups excluding tert-OH is 1. The molecule has 0 radical (unpaired) electrons. The van der Waals surface area contributed by atoms with E-state index in [0.717, 1.165) is 12.8 Å². The fraction of sp³-hybridized carbons (Fsp3) is 0.417. The van der Waals surface area contributed by atoms with Crippen LogP contribution in [0.4, 0.5) is 14.9 Å². The van der Waals surface area contributed by atoms with Crippen molar-refractivity contribution in [2.45, 2.75) is 18.9 Å². The van der Waals surface area contributed by atoms with E-state index in [4.69, 9.17) is 5.11 Å². The Bertz CT molecular complexity index is 411. The summed E-state index contributed by atoms with van der Waals surface area (Å²) in [7, 11) is 0. The Kier molecular flexibility index (Phi) is 3.58. The Morgan fingerprint density at radius 3 is 3.00 bits per heavy atom. The molecule has 1 aliphatic heterocycles. The van der Waals surface area contributed by atoms with Crippen LogP contribution in [0.5, 0.6) is 0 Å². The lowest BCUT2D eigenvalue weighted by molar-refractivity contribution is 0.166. The summed E-state index contributed by atoms with van der Waals surface area (Å²) >= 11 is 0. The number of halogens is 1. The van der Waals surface area contributed by atoms with Gasteiger partial charge >= 0.3 is 6.03 Å². The minimum Gasteiger partial charge on any atom is -0.394 e. The molecular weight excluding hydrogens is 223 g/mol. The van der Waals surface area contributed by atoms with Crippen LogP contribution < -0.4 is 5.32 Å². The topological polar surface area (TPSA) is 52.6 Å². The van der Waals surface area contributed by atoms with Crippen molar-refractivity contribution in [1.29, 1.82) is 0 Å². The Morgan fingerprint density at radius 2 is 2.29 bits per heavy atom. The van der Waals surface area contributed by atoms with Gasteiger partial charge in [0.2, 0.25) is 0 Å². The van der Waals surface area contributed by atoms with Crippen LogP contribution in [0.3, 0.4) is 0 Å². The minimum atomic E-state index is -0.458. The highest BCUT2D eigenvalue weighted by Gasteiger charge is 2.28. The number of hydrogen-bond donors (Lipinski definition) is 2. The van der Waals surface area contributed by atoms with Crippen molar-refractivity contribution in [3.8, 4) is 0 Å². The first kappa shape index (κ1) is 11.9. The summed E-state index contributed by atoms with van der Waals surface area (Å²) < 4.78 is 13.3. The summed E-state index contributed by atoms with van der Waals surface area (Å²) in [6.07, 6.45) is 1.66. The first-order chi connectivity index (χ1) is 8.22. The molecule has 2 rings (SSSR count). The van der Waals surface area contributed by atoms with Gasteiger partial charge in [-0.3, -0.25) is 0 Å². The smallest absolute Gasteiger partial charge is 0.322 e. The average molecular weight is 238 g/mol. The Balaban J connectivity index is 2.04. The standard InChI is InChI=1S/C12H15FN2O2/c13-10-5-1-2-6-11(10)14-12(17)15-7-3-4-9(15)8-16/h1-2,5-6,9,16H,3-4,7-8H2,(H,14,17)/t9-/m0/s1. The van der Waals surface area contributed by atoms with E-state index in [1.165, 1.54) is 12.1 Å². The van der Waals surface area contributed by atoms with E-state index in [-0.39, 0.29) is 24.4 Å². The number of hydrogen-bond acceptors (Lipinski definition) is 2. The number of para-hydroxylation sites is 1. The van der Waals surface area contributed by atoms with Crippen LogP contribution in [0.1, 0.15) is 12.8 Å². The number of amides is 2. The molecule has 92 valence electrons. The molecule has 1 heterocycles. The molecule has 0 aromatic heterocycles. The third kappa shape index (κ3) is 2.55. The number of carbonyl (C=O) groups is 1. The van der Waals surface area contributed by atoms with Gasteiger partial charge in [0.15, 0.2) is 0 Å². The highest BCUT2D eigenvalue weighted by Crippen LogP contribution is 2.19. The fourth-order valence-corrected chi connectivity index (χ4v) is 2.04. The van der Waals surface area contributed by atoms with E-state index in [9.17, 15) is 9.18 Å². The lowest BCUT2D eigenvalue weighted by Crippen LogP contribution is -2.40. The molecule has 5 heteroatoms. The summed E-state index contributed by atoms with van der Waals surface area (Å²) in [6.45, 7) is 0.552. The van der Waals surface area contributed by atoms with Gasteiger partial charge in [-0.1, -0.05) is 12.1 Å².